The Bertz CT molecular complexity index is 1020. The minimum Gasteiger partial charge on any atom is -0.497 e. The van der Waals surface area contributed by atoms with Gasteiger partial charge in [0.05, 0.1) is 25.9 Å². The van der Waals surface area contributed by atoms with Crippen LogP contribution in [-0.4, -0.2) is 81.5 Å². The van der Waals surface area contributed by atoms with E-state index in [-0.39, 0.29) is 36.1 Å². The van der Waals surface area contributed by atoms with Gasteiger partial charge in [0.1, 0.15) is 17.1 Å². The van der Waals surface area contributed by atoms with Gasteiger partial charge in [-0.1, -0.05) is 27.7 Å². The van der Waals surface area contributed by atoms with E-state index in [0.717, 1.165) is 30.6 Å². The van der Waals surface area contributed by atoms with Gasteiger partial charge < -0.3 is 39.4 Å². The second-order valence-corrected chi connectivity index (χ2v) is 14.0. The van der Waals surface area contributed by atoms with E-state index in [4.69, 9.17) is 23.7 Å². The van der Waals surface area contributed by atoms with E-state index in [1.807, 2.05) is 52.8 Å². The lowest BCUT2D eigenvalue weighted by atomic mass is 9.80. The zero-order valence-electron chi connectivity index (χ0n) is 29.1. The molecule has 1 aliphatic rings. The lowest BCUT2D eigenvalue weighted by Gasteiger charge is -2.34. The monoisotopic (exact) mass is 636 g/mol. The molecular weight excluding hydrogens is 576 g/mol. The highest BCUT2D eigenvalue weighted by Gasteiger charge is 2.34. The van der Waals surface area contributed by atoms with Crippen LogP contribution in [0.25, 0.3) is 0 Å². The molecule has 1 saturated heterocycles. The molecule has 0 saturated carbocycles. The van der Waals surface area contributed by atoms with Crippen molar-refractivity contribution in [2.75, 3.05) is 40.6 Å². The molecule has 0 aliphatic carbocycles. The smallest absolute Gasteiger partial charge is 0.407 e. The molecule has 1 aliphatic heterocycles. The number of benzene rings is 1. The highest BCUT2D eigenvalue weighted by atomic mass is 16.6. The number of aliphatic hydroxyl groups is 1. The van der Waals surface area contributed by atoms with Crippen LogP contribution in [0, 0.1) is 23.7 Å². The van der Waals surface area contributed by atoms with Gasteiger partial charge in [0.15, 0.2) is 0 Å². The van der Waals surface area contributed by atoms with Crippen LogP contribution in [-0.2, 0) is 25.4 Å². The van der Waals surface area contributed by atoms with Crippen LogP contribution in [0.1, 0.15) is 86.1 Å². The predicted molar refractivity (Wildman–Crippen MR) is 176 cm³/mol. The average Bonchev–Trinajstić information content (AvgIpc) is 2.96. The second kappa shape index (κ2) is 19.2. The van der Waals surface area contributed by atoms with Crippen LogP contribution in [0.4, 0.5) is 4.79 Å². The van der Waals surface area contributed by atoms with Crippen LogP contribution in [0.2, 0.25) is 0 Å². The first-order valence-electron chi connectivity index (χ1n) is 16.6. The first-order valence-corrected chi connectivity index (χ1v) is 16.6. The molecule has 0 aromatic heterocycles. The molecule has 10 heteroatoms. The third kappa shape index (κ3) is 14.6. The van der Waals surface area contributed by atoms with Crippen molar-refractivity contribution in [3.8, 4) is 11.5 Å². The molecule has 45 heavy (non-hydrogen) atoms. The summed E-state index contributed by atoms with van der Waals surface area (Å²) in [5.74, 6) is 1.26. The summed E-state index contributed by atoms with van der Waals surface area (Å²) < 4.78 is 27.7. The van der Waals surface area contributed by atoms with E-state index < -0.39 is 29.8 Å². The fraction of sp³-hybridized carbons (Fsp3) is 0.771. The molecule has 0 radical (unpaired) electrons. The molecule has 258 valence electrons. The first kappa shape index (κ1) is 38.6. The second-order valence-electron chi connectivity index (χ2n) is 14.0. The summed E-state index contributed by atoms with van der Waals surface area (Å²) in [4.78, 5) is 26.4. The van der Waals surface area contributed by atoms with Gasteiger partial charge in [-0.2, -0.15) is 0 Å². The zero-order chi connectivity index (χ0) is 33.6. The summed E-state index contributed by atoms with van der Waals surface area (Å²) in [6, 6.07) is 5.34. The van der Waals surface area contributed by atoms with Crippen molar-refractivity contribution in [2.45, 2.75) is 111 Å². The standard InChI is InChI=1S/C35H60N2O8/c1-23(2)26(17-25-18-28(42-9)21-29(19-25)44-14-10-13-41-8)20-31(37-34(40)45-35(5,6)7)32(38)22-30(24(3)4)33(39)36-27-11-15-43-16-12-27/h18-19,21,23-24,26-27,30-32,38H,10-17,20,22H2,1-9H3,(H,36,39)(H,37,40)/t26?,30-,31-,32-/m0/s1. The van der Waals surface area contributed by atoms with E-state index in [9.17, 15) is 14.7 Å². The van der Waals surface area contributed by atoms with Crippen molar-refractivity contribution in [2.24, 2.45) is 23.7 Å². The van der Waals surface area contributed by atoms with Crippen molar-refractivity contribution >= 4 is 12.0 Å². The molecule has 1 heterocycles. The number of amides is 2. The molecule has 2 amide bonds. The quantitative estimate of drug-likeness (QED) is 0.180. The summed E-state index contributed by atoms with van der Waals surface area (Å²) in [5, 5.41) is 17.8. The highest BCUT2D eigenvalue weighted by Crippen LogP contribution is 2.30. The van der Waals surface area contributed by atoms with Crippen LogP contribution in [0.3, 0.4) is 0 Å². The Labute approximate surface area is 271 Å². The van der Waals surface area contributed by atoms with E-state index >= 15 is 0 Å². The third-order valence-corrected chi connectivity index (χ3v) is 8.31. The maximum Gasteiger partial charge on any atom is 0.407 e. The van der Waals surface area contributed by atoms with E-state index in [1.165, 1.54) is 0 Å². The highest BCUT2D eigenvalue weighted by molar-refractivity contribution is 5.79. The lowest BCUT2D eigenvalue weighted by molar-refractivity contribution is -0.129. The number of rotatable bonds is 18. The molecule has 1 aromatic carbocycles. The topological polar surface area (TPSA) is 125 Å². The maximum atomic E-state index is 13.4. The predicted octanol–water partition coefficient (Wildman–Crippen LogP) is 5.53. The van der Waals surface area contributed by atoms with Crippen molar-refractivity contribution in [1.29, 1.82) is 0 Å². The molecule has 10 nitrogen and oxygen atoms in total. The fourth-order valence-electron chi connectivity index (χ4n) is 5.59. The van der Waals surface area contributed by atoms with Gasteiger partial charge in [0.2, 0.25) is 5.91 Å². The van der Waals surface area contributed by atoms with Gasteiger partial charge in [-0.05, 0) is 88.3 Å². The molecule has 2 rings (SSSR count). The Balaban J connectivity index is 2.27. The molecule has 1 fully saturated rings. The Morgan fingerprint density at radius 3 is 2.22 bits per heavy atom. The summed E-state index contributed by atoms with van der Waals surface area (Å²) in [6.45, 7) is 16.1. The van der Waals surface area contributed by atoms with Crippen molar-refractivity contribution < 1.29 is 38.4 Å². The third-order valence-electron chi connectivity index (χ3n) is 8.31. The number of aliphatic hydroxyl groups excluding tert-OH is 1. The zero-order valence-corrected chi connectivity index (χ0v) is 29.1. The van der Waals surface area contributed by atoms with Gasteiger partial charge in [-0.3, -0.25) is 4.79 Å². The van der Waals surface area contributed by atoms with E-state index in [1.54, 1.807) is 14.2 Å². The van der Waals surface area contributed by atoms with Gasteiger partial charge in [0.25, 0.3) is 0 Å². The molecule has 0 bridgehead atoms. The van der Waals surface area contributed by atoms with Gasteiger partial charge in [-0.15, -0.1) is 0 Å². The number of alkyl carbamates (subject to hydrolysis) is 1. The summed E-state index contributed by atoms with van der Waals surface area (Å²) >= 11 is 0. The largest absolute Gasteiger partial charge is 0.497 e. The molecule has 3 N–H and O–H groups in total. The van der Waals surface area contributed by atoms with Crippen molar-refractivity contribution in [1.82, 2.24) is 10.6 Å². The summed E-state index contributed by atoms with van der Waals surface area (Å²) in [7, 11) is 3.30. The van der Waals surface area contributed by atoms with Crippen LogP contribution in [0.5, 0.6) is 11.5 Å². The summed E-state index contributed by atoms with van der Waals surface area (Å²) in [5.41, 5.74) is 0.345. The normalized spacial score (nSPS) is 17.0. The number of carbonyl (C=O) groups excluding carboxylic acids is 2. The van der Waals surface area contributed by atoms with Crippen molar-refractivity contribution in [3.63, 3.8) is 0 Å². The first-order chi connectivity index (χ1) is 21.2. The lowest BCUT2D eigenvalue weighted by Crippen LogP contribution is -2.49. The maximum absolute atomic E-state index is 13.4. The van der Waals surface area contributed by atoms with Gasteiger partial charge in [0, 0.05) is 51.4 Å². The number of carbonyl (C=O) groups is 2. The van der Waals surface area contributed by atoms with Crippen LogP contribution in [0.15, 0.2) is 18.2 Å². The number of hydrogen-bond acceptors (Lipinski definition) is 8. The van der Waals surface area contributed by atoms with Crippen molar-refractivity contribution in [3.05, 3.63) is 23.8 Å². The van der Waals surface area contributed by atoms with E-state index in [2.05, 4.69) is 24.5 Å². The summed E-state index contributed by atoms with van der Waals surface area (Å²) in [6.07, 6.45) is 2.18. The molecule has 0 spiro atoms. The SMILES string of the molecule is COCCCOc1cc(CC(C[C@H](NC(=O)OC(C)(C)C)[C@@H](O)C[C@H](C(=O)NC2CCOCC2)C(C)C)C(C)C)cc(OC)c1. The Morgan fingerprint density at radius 2 is 1.64 bits per heavy atom. The molecular formula is C35H60N2O8. The number of ether oxygens (including phenoxy) is 5. The van der Waals surface area contributed by atoms with Gasteiger partial charge in [-0.25, -0.2) is 4.79 Å². The van der Waals surface area contributed by atoms with Gasteiger partial charge >= 0.3 is 6.09 Å². The Morgan fingerprint density at radius 1 is 0.978 bits per heavy atom. The Kier molecular flexibility index (Phi) is 16.5. The Hall–Kier alpha value is -2.56. The number of hydrogen-bond donors (Lipinski definition) is 3. The molecule has 1 aromatic rings. The van der Waals surface area contributed by atoms with Crippen LogP contribution >= 0.6 is 0 Å². The fourth-order valence-corrected chi connectivity index (χ4v) is 5.59. The minimum absolute atomic E-state index is 0.00153. The van der Waals surface area contributed by atoms with E-state index in [0.29, 0.717) is 45.0 Å². The minimum atomic E-state index is -0.961. The number of methoxy groups -OCH3 is 2. The number of nitrogens with one attached hydrogen (secondary N) is 2. The molecule has 4 atom stereocenters. The van der Waals surface area contributed by atoms with Crippen LogP contribution < -0.4 is 20.1 Å². The average molecular weight is 637 g/mol. The molecule has 1 unspecified atom stereocenters.